The summed E-state index contributed by atoms with van der Waals surface area (Å²) in [6.45, 7) is 10.6. The van der Waals surface area contributed by atoms with Crippen molar-refractivity contribution in [2.45, 2.75) is 38.9 Å². The van der Waals surface area contributed by atoms with E-state index >= 15 is 0 Å². The Kier molecular flexibility index (Phi) is 8.24. The Morgan fingerprint density at radius 2 is 1.86 bits per heavy atom. The first-order valence-corrected chi connectivity index (χ1v) is 12.3. The monoisotopic (exact) mass is 526 g/mol. The van der Waals surface area contributed by atoms with Crippen LogP contribution in [-0.2, 0) is 11.0 Å². The van der Waals surface area contributed by atoms with Crippen molar-refractivity contribution in [3.8, 4) is 6.07 Å². The van der Waals surface area contributed by atoms with Gasteiger partial charge in [-0.3, -0.25) is 14.6 Å². The molecule has 0 unspecified atom stereocenters. The van der Waals surface area contributed by atoms with Crippen molar-refractivity contribution >= 4 is 46.3 Å². The van der Waals surface area contributed by atoms with Crippen molar-refractivity contribution < 1.29 is 18.0 Å². The van der Waals surface area contributed by atoms with Gasteiger partial charge in [-0.05, 0) is 62.9 Å². The number of alkyl halides is 3. The molecule has 3 rings (SSSR count). The van der Waals surface area contributed by atoms with Crippen molar-refractivity contribution in [1.82, 2.24) is 20.0 Å². The average molecular weight is 527 g/mol. The van der Waals surface area contributed by atoms with E-state index in [2.05, 4.69) is 22.0 Å². The van der Waals surface area contributed by atoms with Gasteiger partial charge in [-0.15, -0.1) is 0 Å². The fourth-order valence-electron chi connectivity index (χ4n) is 4.20. The molecule has 2 fully saturated rings. The van der Waals surface area contributed by atoms with Gasteiger partial charge in [-0.25, -0.2) is 0 Å². The minimum atomic E-state index is -4.73. The Morgan fingerprint density at radius 3 is 2.43 bits per heavy atom. The van der Waals surface area contributed by atoms with Gasteiger partial charge in [-0.2, -0.15) is 18.4 Å². The second-order valence-corrected chi connectivity index (χ2v) is 9.79. The molecule has 2 aliphatic rings. The number of carbonyl (C=O) groups excluding carboxylic acids is 1. The smallest absolute Gasteiger partial charge is 0.363 e. The van der Waals surface area contributed by atoms with E-state index in [0.29, 0.717) is 13.1 Å². The van der Waals surface area contributed by atoms with E-state index in [4.69, 9.17) is 29.7 Å². The molecule has 1 amide bonds. The fraction of sp³-hybridized carbons (Fsp3) is 0.565. The van der Waals surface area contributed by atoms with Crippen LogP contribution in [0.25, 0.3) is 0 Å². The first kappa shape index (κ1) is 27.1. The lowest BCUT2D eigenvalue weighted by molar-refractivity contribution is -0.137. The minimum Gasteiger partial charge on any atom is -0.363 e. The number of piperazine rings is 1. The van der Waals surface area contributed by atoms with Crippen molar-refractivity contribution in [3.63, 3.8) is 0 Å². The third-order valence-corrected chi connectivity index (χ3v) is 7.14. The van der Waals surface area contributed by atoms with Crippen LogP contribution < -0.4 is 10.2 Å². The fourth-order valence-corrected chi connectivity index (χ4v) is 4.99. The second-order valence-electron chi connectivity index (χ2n) is 9.03. The number of nitrogens with zero attached hydrogens (tertiary/aromatic N) is 5. The molecule has 1 aromatic carbocycles. The number of benzene rings is 1. The topological polar surface area (TPSA) is 65.8 Å². The number of nitrogens with one attached hydrogen (secondary N) is 1. The van der Waals surface area contributed by atoms with Gasteiger partial charge < -0.3 is 15.1 Å². The second kappa shape index (κ2) is 10.6. The summed E-state index contributed by atoms with van der Waals surface area (Å²) in [5.74, 6) is -0.405. The summed E-state index contributed by atoms with van der Waals surface area (Å²) in [7, 11) is 0. The van der Waals surface area contributed by atoms with Crippen LogP contribution in [0.5, 0.6) is 0 Å². The third-order valence-electron chi connectivity index (χ3n) is 6.34. The SMILES string of the molecule is CCCNC(=S)N1CCN(CCN2C(=S)N(c3ccc(C#N)c(C(F)(F)F)c3)C(=O)C2(C)C)CC1. The number of hydrogen-bond donors (Lipinski definition) is 1. The third kappa shape index (κ3) is 5.68. The number of halogens is 3. The number of hydrogen-bond acceptors (Lipinski definition) is 5. The zero-order valence-electron chi connectivity index (χ0n) is 20.0. The highest BCUT2D eigenvalue weighted by atomic mass is 32.1. The van der Waals surface area contributed by atoms with Crippen molar-refractivity contribution in [3.05, 3.63) is 29.3 Å². The summed E-state index contributed by atoms with van der Waals surface area (Å²) in [6, 6.07) is 4.77. The molecule has 0 spiro atoms. The minimum absolute atomic E-state index is 0.00334. The van der Waals surface area contributed by atoms with Crippen molar-refractivity contribution in [2.24, 2.45) is 0 Å². The normalized spacial score (nSPS) is 18.7. The highest BCUT2D eigenvalue weighted by Crippen LogP contribution is 2.37. The molecule has 0 aromatic heterocycles. The molecule has 2 saturated heterocycles. The Labute approximate surface area is 214 Å². The molecule has 190 valence electrons. The first-order chi connectivity index (χ1) is 16.4. The predicted octanol–water partition coefficient (Wildman–Crippen LogP) is 3.19. The number of rotatable bonds is 6. The van der Waals surface area contributed by atoms with E-state index in [1.54, 1.807) is 24.8 Å². The molecule has 1 N–H and O–H groups in total. The van der Waals surface area contributed by atoms with Gasteiger partial charge in [0.05, 0.1) is 22.9 Å². The highest BCUT2D eigenvalue weighted by molar-refractivity contribution is 7.80. The van der Waals surface area contributed by atoms with Gasteiger partial charge in [0.1, 0.15) is 5.54 Å². The molecule has 0 radical (unpaired) electrons. The zero-order valence-corrected chi connectivity index (χ0v) is 21.6. The molecular formula is C23H29F3N6OS2. The molecule has 2 heterocycles. The summed E-state index contributed by atoms with van der Waals surface area (Å²) in [5, 5.41) is 13.2. The standard InChI is InChI=1S/C23H29F3N6OS2/c1-4-7-28-20(34)30-11-8-29(9-12-30)10-13-31-21(35)32(19(33)22(31,2)3)17-6-5-16(15-27)18(14-17)23(24,25)26/h5-6,14H,4,7-13H2,1-3H3,(H,28,34). The molecule has 0 aliphatic carbocycles. The predicted molar refractivity (Wildman–Crippen MR) is 136 cm³/mol. The zero-order chi connectivity index (χ0) is 26.0. The Bertz CT molecular complexity index is 1030. The maximum absolute atomic E-state index is 13.5. The molecule has 0 saturated carbocycles. The van der Waals surface area contributed by atoms with E-state index in [0.717, 1.165) is 61.3 Å². The van der Waals surface area contributed by atoms with Crippen LogP contribution >= 0.6 is 24.4 Å². The van der Waals surface area contributed by atoms with Crippen LogP contribution in [0.1, 0.15) is 38.3 Å². The summed E-state index contributed by atoms with van der Waals surface area (Å²) in [4.78, 5) is 20.5. The van der Waals surface area contributed by atoms with Gasteiger partial charge in [0, 0.05) is 45.8 Å². The number of amides is 1. The molecule has 2 aliphatic heterocycles. The van der Waals surface area contributed by atoms with Gasteiger partial charge in [0.25, 0.3) is 5.91 Å². The largest absolute Gasteiger partial charge is 0.417 e. The lowest BCUT2D eigenvalue weighted by Crippen LogP contribution is -2.54. The lowest BCUT2D eigenvalue weighted by Gasteiger charge is -2.38. The van der Waals surface area contributed by atoms with Crippen LogP contribution in [0, 0.1) is 11.3 Å². The molecule has 0 atom stereocenters. The Balaban J connectivity index is 1.69. The van der Waals surface area contributed by atoms with Crippen molar-refractivity contribution in [1.29, 1.82) is 5.26 Å². The molecule has 35 heavy (non-hydrogen) atoms. The lowest BCUT2D eigenvalue weighted by atomic mass is 10.0. The summed E-state index contributed by atoms with van der Waals surface area (Å²) >= 11 is 11.0. The molecule has 1 aromatic rings. The average Bonchev–Trinajstić information content (AvgIpc) is 2.98. The van der Waals surface area contributed by atoms with Gasteiger partial charge in [0.2, 0.25) is 0 Å². The maximum Gasteiger partial charge on any atom is 0.417 e. The van der Waals surface area contributed by atoms with Gasteiger partial charge in [-0.1, -0.05) is 6.92 Å². The van der Waals surface area contributed by atoms with E-state index in [9.17, 15) is 18.0 Å². The van der Waals surface area contributed by atoms with E-state index in [-0.39, 0.29) is 10.8 Å². The van der Waals surface area contributed by atoms with Crippen LogP contribution in [0.15, 0.2) is 18.2 Å². The number of nitriles is 1. The van der Waals surface area contributed by atoms with Crippen LogP contribution in [0.4, 0.5) is 18.9 Å². The van der Waals surface area contributed by atoms with Gasteiger partial charge >= 0.3 is 6.18 Å². The van der Waals surface area contributed by atoms with Crippen LogP contribution in [0.3, 0.4) is 0 Å². The van der Waals surface area contributed by atoms with Crippen molar-refractivity contribution in [2.75, 3.05) is 50.7 Å². The molecule has 0 bridgehead atoms. The molecule has 12 heteroatoms. The highest BCUT2D eigenvalue weighted by Gasteiger charge is 2.49. The maximum atomic E-state index is 13.5. The van der Waals surface area contributed by atoms with Crippen LogP contribution in [-0.4, -0.2) is 82.2 Å². The molecular weight excluding hydrogens is 497 g/mol. The summed E-state index contributed by atoms with van der Waals surface area (Å²) in [5.41, 5.74) is -2.60. The number of carbonyl (C=O) groups is 1. The van der Waals surface area contributed by atoms with E-state index < -0.39 is 28.7 Å². The Hall–Kier alpha value is -2.49. The molecule has 7 nitrogen and oxygen atoms in total. The summed E-state index contributed by atoms with van der Waals surface area (Å²) in [6.07, 6.45) is -3.72. The van der Waals surface area contributed by atoms with Gasteiger partial charge in [0.15, 0.2) is 10.2 Å². The summed E-state index contributed by atoms with van der Waals surface area (Å²) < 4.78 is 40.4. The quantitative estimate of drug-likeness (QED) is 0.567. The first-order valence-electron chi connectivity index (χ1n) is 11.4. The number of thiocarbonyl (C=S) groups is 2. The number of anilines is 1. The van der Waals surface area contributed by atoms with E-state index in [1.807, 2.05) is 0 Å². The van der Waals surface area contributed by atoms with E-state index in [1.165, 1.54) is 6.07 Å². The van der Waals surface area contributed by atoms with Crippen LogP contribution in [0.2, 0.25) is 0 Å². The Morgan fingerprint density at radius 1 is 1.20 bits per heavy atom.